The van der Waals surface area contributed by atoms with Gasteiger partial charge in [0.2, 0.25) is 0 Å². The third-order valence-corrected chi connectivity index (χ3v) is 0.568. The Hall–Kier alpha value is -0.0800. The molecule has 1 fully saturated rings. The van der Waals surface area contributed by atoms with Gasteiger partial charge in [-0.1, -0.05) is 0 Å². The molecule has 1 heterocycles. The first kappa shape index (κ1) is 3.12. The lowest BCUT2D eigenvalue weighted by atomic mass is 10.7. The molecule has 5 heavy (non-hydrogen) atoms. The molecule has 0 saturated carbocycles. The van der Waals surface area contributed by atoms with Crippen molar-refractivity contribution in [2.24, 2.45) is 0 Å². The summed E-state index contributed by atoms with van der Waals surface area (Å²) < 4.78 is 0. The van der Waals surface area contributed by atoms with E-state index in [9.17, 15) is 0 Å². The van der Waals surface area contributed by atoms with E-state index in [0.29, 0.717) is 0 Å². The second-order valence-electron chi connectivity index (χ2n) is 0.973. The van der Waals surface area contributed by atoms with E-state index in [1.54, 1.807) is 0 Å². The third-order valence-electron chi connectivity index (χ3n) is 0.568. The van der Waals surface area contributed by atoms with Gasteiger partial charge in [0.1, 0.15) is 0 Å². The molecule has 0 aromatic carbocycles. The van der Waals surface area contributed by atoms with Crippen molar-refractivity contribution in [1.82, 2.24) is 10.6 Å². The SMILES string of the molecule is [CH]1C[N]CN1. The average molecular weight is 70.1 g/mol. The minimum absolute atomic E-state index is 0.819. The Bertz CT molecular complexity index is 16.5. The first-order valence-corrected chi connectivity index (χ1v) is 1.68. The predicted octanol–water partition coefficient (Wildman–Crippen LogP) is -0.687. The Balaban J connectivity index is 2.08. The van der Waals surface area contributed by atoms with Crippen molar-refractivity contribution >= 4 is 0 Å². The molecular weight excluding hydrogens is 64.0 g/mol. The molecule has 0 bridgehead atoms. The molecule has 0 spiro atoms. The second-order valence-corrected chi connectivity index (χ2v) is 0.973. The van der Waals surface area contributed by atoms with E-state index in [0.717, 1.165) is 13.2 Å². The summed E-state index contributed by atoms with van der Waals surface area (Å²) in [6.45, 7) is 3.65. The molecule has 28 valence electrons. The summed E-state index contributed by atoms with van der Waals surface area (Å²) in [7, 11) is 0. The van der Waals surface area contributed by atoms with Crippen LogP contribution in [0.15, 0.2) is 0 Å². The molecule has 0 aromatic heterocycles. The largest absolute Gasteiger partial charge is 0.297 e. The van der Waals surface area contributed by atoms with E-state index in [1.165, 1.54) is 0 Å². The van der Waals surface area contributed by atoms with Crippen molar-refractivity contribution < 1.29 is 0 Å². The van der Waals surface area contributed by atoms with Crippen LogP contribution in [-0.2, 0) is 0 Å². The van der Waals surface area contributed by atoms with Crippen LogP contribution < -0.4 is 10.6 Å². The van der Waals surface area contributed by atoms with E-state index in [4.69, 9.17) is 0 Å². The van der Waals surface area contributed by atoms with Gasteiger partial charge in [0.25, 0.3) is 0 Å². The van der Waals surface area contributed by atoms with E-state index in [-0.39, 0.29) is 0 Å². The molecule has 0 atom stereocenters. The molecule has 0 unspecified atom stereocenters. The highest BCUT2D eigenvalue weighted by molar-refractivity contribution is 4.69. The number of nitrogens with one attached hydrogen (secondary N) is 1. The lowest BCUT2D eigenvalue weighted by molar-refractivity contribution is 0.799. The molecule has 0 aliphatic carbocycles. The topological polar surface area (TPSA) is 26.1 Å². The van der Waals surface area contributed by atoms with Crippen LogP contribution in [0.2, 0.25) is 0 Å². The summed E-state index contributed by atoms with van der Waals surface area (Å²) in [5.41, 5.74) is 0. The summed E-state index contributed by atoms with van der Waals surface area (Å²) in [6.07, 6.45) is 0. The van der Waals surface area contributed by atoms with Crippen LogP contribution in [0.25, 0.3) is 0 Å². The van der Waals surface area contributed by atoms with Gasteiger partial charge >= 0.3 is 0 Å². The van der Waals surface area contributed by atoms with Gasteiger partial charge in [-0.15, -0.1) is 0 Å². The standard InChI is InChI=1S/C3H6N2/c1-2-5-3-4-1/h1,4H,2-3H2. The van der Waals surface area contributed by atoms with Crippen molar-refractivity contribution in [1.29, 1.82) is 0 Å². The Kier molecular flexibility index (Phi) is 0.862. The highest BCUT2D eigenvalue weighted by atomic mass is 15.1. The van der Waals surface area contributed by atoms with Gasteiger partial charge in [-0.25, -0.2) is 5.32 Å². The molecule has 2 heteroatoms. The Morgan fingerprint density at radius 2 is 2.80 bits per heavy atom. The van der Waals surface area contributed by atoms with Crippen LogP contribution in [-0.4, -0.2) is 13.2 Å². The highest BCUT2D eigenvalue weighted by Crippen LogP contribution is 1.73. The molecule has 1 rings (SSSR count). The number of hydrogen-bond acceptors (Lipinski definition) is 1. The van der Waals surface area contributed by atoms with Crippen LogP contribution in [0, 0.1) is 6.54 Å². The Labute approximate surface area is 31.6 Å². The number of nitrogens with zero attached hydrogens (tertiary/aromatic N) is 1. The zero-order valence-electron chi connectivity index (χ0n) is 2.94. The molecule has 1 aliphatic heterocycles. The summed E-state index contributed by atoms with van der Waals surface area (Å²) in [5.74, 6) is 0. The van der Waals surface area contributed by atoms with E-state index < -0.39 is 0 Å². The molecule has 2 nitrogen and oxygen atoms in total. The maximum Gasteiger partial charge on any atom is 0.0627 e. The van der Waals surface area contributed by atoms with Gasteiger partial charge in [0.05, 0.1) is 6.67 Å². The van der Waals surface area contributed by atoms with Gasteiger partial charge in [-0.2, -0.15) is 0 Å². The number of hydrogen-bond donors (Lipinski definition) is 1. The number of rotatable bonds is 0. The van der Waals surface area contributed by atoms with Crippen LogP contribution in [0.1, 0.15) is 0 Å². The molecule has 1 aliphatic rings. The first-order chi connectivity index (χ1) is 2.50. The summed E-state index contributed by atoms with van der Waals surface area (Å²) in [5, 5.41) is 6.85. The maximum absolute atomic E-state index is 3.92. The van der Waals surface area contributed by atoms with E-state index in [1.807, 2.05) is 6.54 Å². The maximum atomic E-state index is 3.92. The van der Waals surface area contributed by atoms with Gasteiger partial charge < -0.3 is 0 Å². The molecule has 1 saturated heterocycles. The Morgan fingerprint density at radius 3 is 3.00 bits per heavy atom. The van der Waals surface area contributed by atoms with Crippen molar-refractivity contribution in [3.05, 3.63) is 6.54 Å². The summed E-state index contributed by atoms with van der Waals surface area (Å²) in [6, 6.07) is 0. The van der Waals surface area contributed by atoms with Crippen molar-refractivity contribution in [3.63, 3.8) is 0 Å². The van der Waals surface area contributed by atoms with Gasteiger partial charge in [0, 0.05) is 13.1 Å². The summed E-state index contributed by atoms with van der Waals surface area (Å²) in [4.78, 5) is 0. The predicted molar refractivity (Wildman–Crippen MR) is 19.3 cm³/mol. The van der Waals surface area contributed by atoms with E-state index in [2.05, 4.69) is 10.6 Å². The quantitative estimate of drug-likeness (QED) is 0.401. The second kappa shape index (κ2) is 1.38. The van der Waals surface area contributed by atoms with Gasteiger partial charge in [0.15, 0.2) is 0 Å². The molecule has 1 N–H and O–H groups in total. The third kappa shape index (κ3) is 0.597. The van der Waals surface area contributed by atoms with Crippen LogP contribution in [0.5, 0.6) is 0 Å². The van der Waals surface area contributed by atoms with Crippen LogP contribution >= 0.6 is 0 Å². The molecule has 2 radical (unpaired) electrons. The monoisotopic (exact) mass is 70.1 g/mol. The fraction of sp³-hybridized carbons (Fsp3) is 0.667. The molecule has 0 amide bonds. The van der Waals surface area contributed by atoms with Gasteiger partial charge in [-0.05, 0) is 0 Å². The van der Waals surface area contributed by atoms with Crippen molar-refractivity contribution in [2.45, 2.75) is 0 Å². The van der Waals surface area contributed by atoms with Crippen LogP contribution in [0.3, 0.4) is 0 Å². The van der Waals surface area contributed by atoms with Gasteiger partial charge in [-0.3, -0.25) is 5.32 Å². The first-order valence-electron chi connectivity index (χ1n) is 1.68. The lowest BCUT2D eigenvalue weighted by Gasteiger charge is -1.74. The lowest BCUT2D eigenvalue weighted by Crippen LogP contribution is -2.04. The van der Waals surface area contributed by atoms with Crippen molar-refractivity contribution in [3.8, 4) is 0 Å². The minimum Gasteiger partial charge on any atom is -0.297 e. The minimum atomic E-state index is 0.819. The Morgan fingerprint density at radius 1 is 1.80 bits per heavy atom. The van der Waals surface area contributed by atoms with Crippen LogP contribution in [0.4, 0.5) is 0 Å². The highest BCUT2D eigenvalue weighted by Gasteiger charge is 1.93. The zero-order chi connectivity index (χ0) is 3.54. The smallest absolute Gasteiger partial charge is 0.0627 e. The average Bonchev–Trinajstić information content (AvgIpc) is 1.76. The van der Waals surface area contributed by atoms with Crippen molar-refractivity contribution in [2.75, 3.05) is 13.2 Å². The zero-order valence-corrected chi connectivity index (χ0v) is 2.94. The normalized spacial score (nSPS) is 24.0. The van der Waals surface area contributed by atoms with E-state index >= 15 is 0 Å². The summed E-state index contributed by atoms with van der Waals surface area (Å²) >= 11 is 0. The molecule has 0 aromatic rings. The fourth-order valence-electron chi connectivity index (χ4n) is 0.323. The molecular formula is C3H6N2. The fourth-order valence-corrected chi connectivity index (χ4v) is 0.323.